The van der Waals surface area contributed by atoms with Gasteiger partial charge in [0.25, 0.3) is 5.91 Å². The van der Waals surface area contributed by atoms with E-state index in [1.54, 1.807) is 6.07 Å². The predicted molar refractivity (Wildman–Crippen MR) is 211 cm³/mol. The minimum Gasteiger partial charge on any atom is -0.456 e. The maximum Gasteiger partial charge on any atom is 0.346 e. The number of nitrogens with zero attached hydrogens (tertiary/aromatic N) is 4. The Labute approximate surface area is 312 Å². The van der Waals surface area contributed by atoms with Gasteiger partial charge in [-0.15, -0.1) is 0 Å². The van der Waals surface area contributed by atoms with Gasteiger partial charge in [-0.1, -0.05) is 42.5 Å². The molecule has 1 aliphatic heterocycles. The van der Waals surface area contributed by atoms with Crippen LogP contribution in [0.5, 0.6) is 5.75 Å². The SMILES string of the molecule is CCN(CC)c1ccc2c(c1)OC1=C(/C=C/c3cc[n+](CC)c4ccccc34)CCCC1=C2c1ccccc1NC(=O)c1ccc([N+](=O)[O-])c([N+](=O)[O-])c1. The third-order valence-corrected chi connectivity index (χ3v) is 10.2. The molecule has 0 bridgehead atoms. The number of nitrogens with one attached hydrogen (secondary N) is 1. The van der Waals surface area contributed by atoms with Crippen molar-refractivity contribution in [2.45, 2.75) is 46.6 Å². The Balaban J connectivity index is 1.36. The quantitative estimate of drug-likeness (QED) is 0.0816. The number of aryl methyl sites for hydroxylation is 1. The summed E-state index contributed by atoms with van der Waals surface area (Å²) in [4.78, 5) is 37.3. The molecule has 11 nitrogen and oxygen atoms in total. The predicted octanol–water partition coefficient (Wildman–Crippen LogP) is 9.41. The fourth-order valence-corrected chi connectivity index (χ4v) is 7.46. The van der Waals surface area contributed by atoms with Crippen LogP contribution in [0.2, 0.25) is 0 Å². The molecular weight excluding hydrogens is 683 g/mol. The van der Waals surface area contributed by atoms with E-state index in [1.165, 1.54) is 11.6 Å². The molecule has 1 amide bonds. The molecule has 0 fully saturated rings. The standard InChI is InChI=1S/C43H39N5O6/c1-4-45(5-2)31-21-22-34-40(27-31)54-42-29(19-18-28-24-25-46(6-3)37-17-10-8-13-32(28)37)12-11-15-35(42)41(34)33-14-7-9-16-36(33)44-43(49)30-20-23-38(47(50)51)39(26-30)48(52)53/h7-10,13-14,16-27H,4-6,11-12,15H2,1-3H3/p+1. The second-order valence-electron chi connectivity index (χ2n) is 13.1. The zero-order valence-corrected chi connectivity index (χ0v) is 30.4. The van der Waals surface area contributed by atoms with E-state index in [0.29, 0.717) is 11.4 Å². The van der Waals surface area contributed by atoms with Crippen LogP contribution in [0, 0.1) is 20.2 Å². The Morgan fingerprint density at radius 3 is 2.37 bits per heavy atom. The minimum atomic E-state index is -0.856. The number of nitro groups is 2. The number of allylic oxidation sites excluding steroid dienone is 3. The zero-order valence-electron chi connectivity index (χ0n) is 30.4. The summed E-state index contributed by atoms with van der Waals surface area (Å²) in [7, 11) is 0. The Morgan fingerprint density at radius 1 is 0.852 bits per heavy atom. The van der Waals surface area contributed by atoms with E-state index >= 15 is 0 Å². The van der Waals surface area contributed by atoms with E-state index < -0.39 is 27.1 Å². The molecule has 2 heterocycles. The van der Waals surface area contributed by atoms with Crippen molar-refractivity contribution >= 4 is 51.2 Å². The first-order valence-corrected chi connectivity index (χ1v) is 18.2. The number of benzene rings is 4. The average Bonchev–Trinajstić information content (AvgIpc) is 3.19. The number of aromatic nitrogens is 1. The number of rotatable bonds is 11. The van der Waals surface area contributed by atoms with Crippen molar-refractivity contribution in [3.63, 3.8) is 0 Å². The highest BCUT2D eigenvalue weighted by atomic mass is 16.6. The maximum atomic E-state index is 13.7. The highest BCUT2D eigenvalue weighted by Crippen LogP contribution is 2.49. The number of nitro benzene ring substituents is 2. The topological polar surface area (TPSA) is 132 Å². The van der Waals surface area contributed by atoms with Gasteiger partial charge in [-0.25, -0.2) is 0 Å². The van der Waals surface area contributed by atoms with Crippen LogP contribution in [0.4, 0.5) is 22.7 Å². The van der Waals surface area contributed by atoms with Crippen LogP contribution in [0.15, 0.2) is 120 Å². The summed E-state index contributed by atoms with van der Waals surface area (Å²) < 4.78 is 9.11. The molecule has 2 aliphatic rings. The fraction of sp³-hybridized carbons (Fsp3) is 0.209. The van der Waals surface area contributed by atoms with Crippen molar-refractivity contribution in [1.82, 2.24) is 0 Å². The van der Waals surface area contributed by atoms with E-state index in [-0.39, 0.29) is 5.56 Å². The Bertz CT molecular complexity index is 2430. The van der Waals surface area contributed by atoms with Crippen molar-refractivity contribution in [3.05, 3.63) is 163 Å². The number of para-hydroxylation sites is 2. The van der Waals surface area contributed by atoms with Crippen molar-refractivity contribution in [2.24, 2.45) is 0 Å². The molecule has 11 heteroatoms. The van der Waals surface area contributed by atoms with Crippen molar-refractivity contribution in [3.8, 4) is 5.75 Å². The number of ether oxygens (including phenoxy) is 1. The maximum absolute atomic E-state index is 13.7. The van der Waals surface area contributed by atoms with E-state index in [0.717, 1.165) is 101 Å². The van der Waals surface area contributed by atoms with Crippen molar-refractivity contribution in [1.29, 1.82) is 0 Å². The van der Waals surface area contributed by atoms with Crippen LogP contribution in [0.3, 0.4) is 0 Å². The molecule has 0 spiro atoms. The Hall–Kier alpha value is -6.62. The summed E-state index contributed by atoms with van der Waals surface area (Å²) in [6, 6.07) is 27.4. The van der Waals surface area contributed by atoms with Gasteiger partial charge in [-0.2, -0.15) is 4.57 Å². The molecule has 1 aromatic heterocycles. The first-order chi connectivity index (χ1) is 26.2. The average molecular weight is 723 g/mol. The molecule has 54 heavy (non-hydrogen) atoms. The minimum absolute atomic E-state index is 0.0698. The lowest BCUT2D eigenvalue weighted by atomic mass is 9.82. The molecule has 0 radical (unpaired) electrons. The highest BCUT2D eigenvalue weighted by molar-refractivity contribution is 6.07. The summed E-state index contributed by atoms with van der Waals surface area (Å²) in [5.74, 6) is 0.882. The second kappa shape index (κ2) is 15.2. The van der Waals surface area contributed by atoms with Gasteiger partial charge in [0, 0.05) is 82.6 Å². The molecule has 1 N–H and O–H groups in total. The first kappa shape index (κ1) is 35.8. The summed E-state index contributed by atoms with van der Waals surface area (Å²) >= 11 is 0. The summed E-state index contributed by atoms with van der Waals surface area (Å²) in [6.07, 6.45) is 8.91. The van der Waals surface area contributed by atoms with Gasteiger partial charge in [0.15, 0.2) is 6.20 Å². The van der Waals surface area contributed by atoms with E-state index in [9.17, 15) is 25.0 Å². The summed E-state index contributed by atoms with van der Waals surface area (Å²) in [5, 5.41) is 27.2. The molecule has 0 unspecified atom stereocenters. The van der Waals surface area contributed by atoms with Crippen LogP contribution in [0.1, 0.15) is 67.1 Å². The van der Waals surface area contributed by atoms with E-state index in [1.807, 2.05) is 18.2 Å². The van der Waals surface area contributed by atoms with Crippen molar-refractivity contribution < 1.29 is 23.9 Å². The molecule has 4 aromatic carbocycles. The number of anilines is 2. The molecule has 0 atom stereocenters. The van der Waals surface area contributed by atoms with Gasteiger partial charge in [-0.05, 0) is 81.5 Å². The largest absolute Gasteiger partial charge is 0.456 e. The number of amides is 1. The van der Waals surface area contributed by atoms with Crippen LogP contribution in [0.25, 0.3) is 22.6 Å². The summed E-state index contributed by atoms with van der Waals surface area (Å²) in [5.41, 5.74) is 6.99. The number of carbonyl (C=O) groups is 1. The lowest BCUT2D eigenvalue weighted by Crippen LogP contribution is -2.32. The molecule has 7 rings (SSSR count). The Morgan fingerprint density at radius 2 is 1.61 bits per heavy atom. The molecule has 0 saturated heterocycles. The first-order valence-electron chi connectivity index (χ1n) is 18.2. The molecular formula is C43H40N5O6+. The monoisotopic (exact) mass is 722 g/mol. The smallest absolute Gasteiger partial charge is 0.346 e. The van der Waals surface area contributed by atoms with Gasteiger partial charge in [0.05, 0.1) is 15.2 Å². The highest BCUT2D eigenvalue weighted by Gasteiger charge is 2.32. The third-order valence-electron chi connectivity index (χ3n) is 10.2. The molecule has 0 saturated carbocycles. The molecule has 5 aromatic rings. The van der Waals surface area contributed by atoms with Gasteiger partial charge < -0.3 is 15.0 Å². The van der Waals surface area contributed by atoms with E-state index in [2.05, 4.69) is 102 Å². The number of carbonyl (C=O) groups excluding carboxylic acids is 1. The number of pyridine rings is 1. The lowest BCUT2D eigenvalue weighted by molar-refractivity contribution is -0.667. The van der Waals surface area contributed by atoms with Crippen LogP contribution < -0.4 is 19.5 Å². The number of hydrogen-bond acceptors (Lipinski definition) is 7. The van der Waals surface area contributed by atoms with Crippen LogP contribution >= 0.6 is 0 Å². The lowest BCUT2D eigenvalue weighted by Gasteiger charge is -2.32. The van der Waals surface area contributed by atoms with Gasteiger partial charge in [0.1, 0.15) is 18.1 Å². The number of hydrogen-bond donors (Lipinski definition) is 1. The zero-order chi connectivity index (χ0) is 37.9. The molecule has 1 aliphatic carbocycles. The normalized spacial score (nSPS) is 13.8. The third kappa shape index (κ3) is 6.71. The van der Waals surface area contributed by atoms with Crippen LogP contribution in [-0.4, -0.2) is 28.8 Å². The molecule has 272 valence electrons. The van der Waals surface area contributed by atoms with Gasteiger partial charge in [0.2, 0.25) is 5.52 Å². The fourth-order valence-electron chi connectivity index (χ4n) is 7.46. The number of fused-ring (bicyclic) bond motifs is 3. The van der Waals surface area contributed by atoms with Gasteiger partial charge in [-0.3, -0.25) is 25.0 Å². The van der Waals surface area contributed by atoms with Crippen molar-refractivity contribution in [2.75, 3.05) is 23.3 Å². The van der Waals surface area contributed by atoms with Gasteiger partial charge >= 0.3 is 11.4 Å². The summed E-state index contributed by atoms with van der Waals surface area (Å²) in [6.45, 7) is 8.91. The van der Waals surface area contributed by atoms with Crippen LogP contribution in [-0.2, 0) is 6.54 Å². The Kier molecular flexibility index (Phi) is 10.0. The second-order valence-corrected chi connectivity index (χ2v) is 13.1. The van der Waals surface area contributed by atoms with E-state index in [4.69, 9.17) is 4.74 Å².